The maximum absolute atomic E-state index is 12.2. The van der Waals surface area contributed by atoms with Gasteiger partial charge in [-0.25, -0.2) is 0 Å². The molecule has 2 bridgehead atoms. The first kappa shape index (κ1) is 18.7. The molecule has 4 rings (SSSR count). The van der Waals surface area contributed by atoms with Crippen molar-refractivity contribution in [1.29, 1.82) is 0 Å². The van der Waals surface area contributed by atoms with Gasteiger partial charge in [0.05, 0.1) is 26.2 Å². The molecule has 27 heavy (non-hydrogen) atoms. The highest BCUT2D eigenvalue weighted by molar-refractivity contribution is 5.43. The van der Waals surface area contributed by atoms with E-state index in [1.807, 2.05) is 0 Å². The SMILES string of the molecule is Cc1ccccc1C(O)(CC1C[C@H]2CC[C@H](C1)[N+]2(C)C)c1ccccc1C. The molecule has 2 aromatic carbocycles. The van der Waals surface area contributed by atoms with E-state index in [0.717, 1.165) is 29.6 Å². The van der Waals surface area contributed by atoms with Gasteiger partial charge in [0.25, 0.3) is 0 Å². The lowest BCUT2D eigenvalue weighted by atomic mass is 9.73. The van der Waals surface area contributed by atoms with Gasteiger partial charge in [-0.2, -0.15) is 0 Å². The fraction of sp³-hybridized carbons (Fsp3) is 0.520. The number of rotatable bonds is 4. The van der Waals surface area contributed by atoms with Crippen molar-refractivity contribution >= 4 is 0 Å². The summed E-state index contributed by atoms with van der Waals surface area (Å²) in [7, 11) is 4.82. The molecule has 2 aliphatic rings. The van der Waals surface area contributed by atoms with E-state index in [1.165, 1.54) is 41.3 Å². The lowest BCUT2D eigenvalue weighted by molar-refractivity contribution is -0.931. The molecule has 144 valence electrons. The van der Waals surface area contributed by atoms with Crippen molar-refractivity contribution in [3.63, 3.8) is 0 Å². The minimum absolute atomic E-state index is 0.581. The van der Waals surface area contributed by atoms with Crippen LogP contribution in [0.5, 0.6) is 0 Å². The lowest BCUT2D eigenvalue weighted by Crippen LogP contribution is -2.55. The second kappa shape index (κ2) is 6.76. The topological polar surface area (TPSA) is 20.2 Å². The van der Waals surface area contributed by atoms with Crippen LogP contribution in [-0.4, -0.2) is 35.8 Å². The molecule has 0 spiro atoms. The summed E-state index contributed by atoms with van der Waals surface area (Å²) in [6.45, 7) is 4.26. The predicted molar refractivity (Wildman–Crippen MR) is 112 cm³/mol. The third-order valence-corrected chi connectivity index (χ3v) is 7.69. The molecular weight excluding hydrogens is 330 g/mol. The highest BCUT2D eigenvalue weighted by Crippen LogP contribution is 2.47. The first-order valence-corrected chi connectivity index (χ1v) is 10.5. The van der Waals surface area contributed by atoms with Crippen LogP contribution in [0.1, 0.15) is 54.4 Å². The molecule has 2 aliphatic heterocycles. The summed E-state index contributed by atoms with van der Waals surface area (Å²) in [5.74, 6) is 0.581. The number of aryl methyl sites for hydroxylation is 2. The van der Waals surface area contributed by atoms with Gasteiger partial charge in [-0.15, -0.1) is 0 Å². The van der Waals surface area contributed by atoms with Gasteiger partial charge in [0.2, 0.25) is 0 Å². The standard InChI is InChI=1S/C25H34NO/c1-18-9-5-7-11-23(18)25(27,24-12-8-6-10-19(24)2)17-20-15-21-13-14-22(16-20)26(21,3)4/h5-12,20-22,27H,13-17H2,1-4H3/q+1/t21-,22-/m1/s1. The largest absolute Gasteiger partial charge is 0.380 e. The van der Waals surface area contributed by atoms with Crippen LogP contribution in [0.4, 0.5) is 0 Å². The zero-order valence-corrected chi connectivity index (χ0v) is 17.3. The third kappa shape index (κ3) is 3.13. The molecule has 2 fully saturated rings. The summed E-state index contributed by atoms with van der Waals surface area (Å²) in [6.07, 6.45) is 6.01. The molecular formula is C25H34NO+. The number of aliphatic hydroxyl groups is 1. The maximum Gasteiger partial charge on any atom is 0.115 e. The summed E-state index contributed by atoms with van der Waals surface area (Å²) in [4.78, 5) is 0. The molecule has 2 atom stereocenters. The molecule has 2 nitrogen and oxygen atoms in total. The second-order valence-corrected chi connectivity index (χ2v) is 9.55. The fourth-order valence-electron chi connectivity index (χ4n) is 6.02. The zero-order chi connectivity index (χ0) is 19.2. The highest BCUT2D eigenvalue weighted by Gasteiger charge is 2.50. The predicted octanol–water partition coefficient (Wildman–Crippen LogP) is 4.95. The van der Waals surface area contributed by atoms with Crippen LogP contribution in [0.2, 0.25) is 0 Å². The van der Waals surface area contributed by atoms with Crippen LogP contribution in [0.25, 0.3) is 0 Å². The number of hydrogen-bond donors (Lipinski definition) is 1. The van der Waals surface area contributed by atoms with Gasteiger partial charge in [0.1, 0.15) is 5.60 Å². The summed E-state index contributed by atoms with van der Waals surface area (Å²) >= 11 is 0. The van der Waals surface area contributed by atoms with Crippen molar-refractivity contribution in [3.05, 3.63) is 70.8 Å². The second-order valence-electron chi connectivity index (χ2n) is 9.55. The smallest absolute Gasteiger partial charge is 0.115 e. The van der Waals surface area contributed by atoms with Crippen LogP contribution in [0.15, 0.2) is 48.5 Å². The Labute approximate surface area is 164 Å². The minimum atomic E-state index is -0.907. The van der Waals surface area contributed by atoms with Crippen LogP contribution < -0.4 is 0 Å². The van der Waals surface area contributed by atoms with Crippen molar-refractivity contribution in [2.45, 2.75) is 63.6 Å². The van der Waals surface area contributed by atoms with Gasteiger partial charge in [0.15, 0.2) is 0 Å². The first-order valence-electron chi connectivity index (χ1n) is 10.5. The number of nitrogens with zero attached hydrogens (tertiary/aromatic N) is 1. The minimum Gasteiger partial charge on any atom is -0.380 e. The molecule has 1 N–H and O–H groups in total. The summed E-state index contributed by atoms with van der Waals surface area (Å²) in [5, 5.41) is 12.2. The van der Waals surface area contributed by atoms with Crippen molar-refractivity contribution in [3.8, 4) is 0 Å². The first-order chi connectivity index (χ1) is 12.8. The molecule has 0 unspecified atom stereocenters. The van der Waals surface area contributed by atoms with Crippen molar-refractivity contribution in [2.75, 3.05) is 14.1 Å². The molecule has 0 amide bonds. The Bertz CT molecular complexity index is 763. The number of fused-ring (bicyclic) bond motifs is 2. The average Bonchev–Trinajstić information content (AvgIpc) is 2.80. The van der Waals surface area contributed by atoms with E-state index < -0.39 is 5.60 Å². The Morgan fingerprint density at radius 2 is 1.30 bits per heavy atom. The molecule has 2 aromatic rings. The van der Waals surface area contributed by atoms with E-state index in [9.17, 15) is 5.11 Å². The normalized spacial score (nSPS) is 26.9. The van der Waals surface area contributed by atoms with Gasteiger partial charge < -0.3 is 9.59 Å². The number of hydrogen-bond acceptors (Lipinski definition) is 1. The van der Waals surface area contributed by atoms with Crippen LogP contribution in [0.3, 0.4) is 0 Å². The van der Waals surface area contributed by atoms with E-state index in [2.05, 4.69) is 76.5 Å². The maximum atomic E-state index is 12.2. The van der Waals surface area contributed by atoms with E-state index in [1.54, 1.807) is 0 Å². The van der Waals surface area contributed by atoms with E-state index >= 15 is 0 Å². The Balaban J connectivity index is 1.72. The number of benzene rings is 2. The molecule has 0 aromatic heterocycles. The molecule has 2 heterocycles. The van der Waals surface area contributed by atoms with Crippen LogP contribution in [0, 0.1) is 19.8 Å². The Kier molecular flexibility index (Phi) is 4.68. The Hall–Kier alpha value is -1.64. The van der Waals surface area contributed by atoms with E-state index in [-0.39, 0.29) is 0 Å². The summed E-state index contributed by atoms with van der Waals surface area (Å²) < 4.78 is 1.18. The molecule has 2 heteroatoms. The average molecular weight is 365 g/mol. The molecule has 0 saturated carbocycles. The molecule has 0 radical (unpaired) electrons. The third-order valence-electron chi connectivity index (χ3n) is 7.69. The quantitative estimate of drug-likeness (QED) is 0.761. The van der Waals surface area contributed by atoms with Gasteiger partial charge in [0, 0.05) is 25.7 Å². The van der Waals surface area contributed by atoms with Gasteiger partial charge >= 0.3 is 0 Å². The van der Waals surface area contributed by atoms with Gasteiger partial charge in [-0.3, -0.25) is 0 Å². The zero-order valence-electron chi connectivity index (χ0n) is 17.3. The van der Waals surface area contributed by atoms with E-state index in [4.69, 9.17) is 0 Å². The summed E-state index contributed by atoms with van der Waals surface area (Å²) in [5.41, 5.74) is 3.60. The van der Waals surface area contributed by atoms with Gasteiger partial charge in [-0.1, -0.05) is 48.5 Å². The summed E-state index contributed by atoms with van der Waals surface area (Å²) in [6, 6.07) is 18.3. The molecule has 2 saturated heterocycles. The molecule has 0 aliphatic carbocycles. The monoisotopic (exact) mass is 364 g/mol. The van der Waals surface area contributed by atoms with Crippen molar-refractivity contribution in [2.24, 2.45) is 5.92 Å². The van der Waals surface area contributed by atoms with Crippen molar-refractivity contribution in [1.82, 2.24) is 0 Å². The highest BCUT2D eigenvalue weighted by atomic mass is 16.3. The van der Waals surface area contributed by atoms with Gasteiger partial charge in [-0.05, 0) is 48.4 Å². The number of piperidine rings is 1. The Morgan fingerprint density at radius 3 is 1.74 bits per heavy atom. The Morgan fingerprint density at radius 1 is 0.852 bits per heavy atom. The number of quaternary nitrogens is 1. The van der Waals surface area contributed by atoms with E-state index in [0.29, 0.717) is 5.92 Å². The van der Waals surface area contributed by atoms with Crippen LogP contribution >= 0.6 is 0 Å². The van der Waals surface area contributed by atoms with Crippen molar-refractivity contribution < 1.29 is 9.59 Å². The van der Waals surface area contributed by atoms with Crippen LogP contribution in [-0.2, 0) is 5.60 Å². The lowest BCUT2D eigenvalue weighted by Gasteiger charge is -2.46. The fourth-order valence-corrected chi connectivity index (χ4v) is 6.02.